The van der Waals surface area contributed by atoms with Gasteiger partial charge in [0, 0.05) is 25.5 Å². The van der Waals surface area contributed by atoms with Gasteiger partial charge in [0.05, 0.1) is 19.3 Å². The van der Waals surface area contributed by atoms with Crippen LogP contribution in [0.3, 0.4) is 0 Å². The van der Waals surface area contributed by atoms with Crippen molar-refractivity contribution in [3.05, 3.63) is 18.5 Å². The molecule has 2 heterocycles. The summed E-state index contributed by atoms with van der Waals surface area (Å²) in [5.74, 6) is 0. The number of aromatic nitrogens is 2. The fraction of sp³-hybridized carbons (Fsp3) is 0.625. The number of rotatable bonds is 1. The minimum Gasteiger partial charge on any atom is -0.378 e. The van der Waals surface area contributed by atoms with E-state index in [1.807, 2.05) is 16.9 Å². The number of hydrogen-bond donors (Lipinski definition) is 1. The minimum atomic E-state index is 0.350. The summed E-state index contributed by atoms with van der Waals surface area (Å²) >= 11 is 0. The van der Waals surface area contributed by atoms with Gasteiger partial charge in [0.25, 0.3) is 0 Å². The first kappa shape index (κ1) is 7.76. The molecule has 1 N–H and O–H groups in total. The molecule has 1 aromatic heterocycles. The molecule has 1 aliphatic rings. The van der Waals surface area contributed by atoms with Crippen LogP contribution in [0.15, 0.2) is 18.5 Å². The van der Waals surface area contributed by atoms with Crippen molar-refractivity contribution in [2.24, 2.45) is 0 Å². The molecule has 0 amide bonds. The zero-order valence-corrected chi connectivity index (χ0v) is 6.94. The van der Waals surface area contributed by atoms with E-state index in [4.69, 9.17) is 4.74 Å². The third kappa shape index (κ3) is 1.65. The summed E-state index contributed by atoms with van der Waals surface area (Å²) in [5.41, 5.74) is 0. The van der Waals surface area contributed by atoms with Crippen molar-refractivity contribution in [1.82, 2.24) is 15.1 Å². The van der Waals surface area contributed by atoms with Crippen LogP contribution in [0.2, 0.25) is 0 Å². The van der Waals surface area contributed by atoms with Gasteiger partial charge in [-0.05, 0) is 6.07 Å². The van der Waals surface area contributed by atoms with Gasteiger partial charge in [0.15, 0.2) is 0 Å². The first-order valence-corrected chi connectivity index (χ1v) is 4.24. The van der Waals surface area contributed by atoms with Gasteiger partial charge in [0.1, 0.15) is 0 Å². The zero-order valence-electron chi connectivity index (χ0n) is 6.94. The molecule has 1 saturated heterocycles. The Hall–Kier alpha value is -0.870. The lowest BCUT2D eigenvalue weighted by atomic mass is 10.3. The highest BCUT2D eigenvalue weighted by molar-refractivity contribution is 4.83. The first-order chi connectivity index (χ1) is 5.97. The Balaban J connectivity index is 2.02. The second-order valence-electron chi connectivity index (χ2n) is 2.92. The topological polar surface area (TPSA) is 39.1 Å². The quantitative estimate of drug-likeness (QED) is 0.642. The van der Waals surface area contributed by atoms with Crippen molar-refractivity contribution in [2.45, 2.75) is 6.04 Å². The molecule has 1 aromatic rings. The lowest BCUT2D eigenvalue weighted by Gasteiger charge is -2.13. The molecule has 0 spiro atoms. The minimum absolute atomic E-state index is 0.350. The van der Waals surface area contributed by atoms with E-state index in [0.29, 0.717) is 6.04 Å². The Bertz CT molecular complexity index is 214. The van der Waals surface area contributed by atoms with Crippen molar-refractivity contribution >= 4 is 0 Å². The molecule has 12 heavy (non-hydrogen) atoms. The molecule has 0 bridgehead atoms. The van der Waals surface area contributed by atoms with Gasteiger partial charge < -0.3 is 10.1 Å². The summed E-state index contributed by atoms with van der Waals surface area (Å²) in [6, 6.07) is 2.28. The smallest absolute Gasteiger partial charge is 0.0876 e. The van der Waals surface area contributed by atoms with E-state index < -0.39 is 0 Å². The number of ether oxygens (including phenoxy) is 1. The van der Waals surface area contributed by atoms with Crippen LogP contribution in [0.1, 0.15) is 6.04 Å². The van der Waals surface area contributed by atoms with Gasteiger partial charge in [-0.3, -0.25) is 4.68 Å². The second kappa shape index (κ2) is 3.69. The van der Waals surface area contributed by atoms with Gasteiger partial charge in [-0.25, -0.2) is 0 Å². The summed E-state index contributed by atoms with van der Waals surface area (Å²) < 4.78 is 7.35. The third-order valence-electron chi connectivity index (χ3n) is 2.01. The van der Waals surface area contributed by atoms with E-state index in [9.17, 15) is 0 Å². The van der Waals surface area contributed by atoms with Crippen LogP contribution in [0.4, 0.5) is 0 Å². The van der Waals surface area contributed by atoms with E-state index in [2.05, 4.69) is 10.4 Å². The molecule has 0 aliphatic carbocycles. The Morgan fingerprint density at radius 2 is 2.58 bits per heavy atom. The van der Waals surface area contributed by atoms with Gasteiger partial charge in [-0.15, -0.1) is 0 Å². The summed E-state index contributed by atoms with van der Waals surface area (Å²) in [4.78, 5) is 0. The Kier molecular flexibility index (Phi) is 2.39. The van der Waals surface area contributed by atoms with Crippen LogP contribution >= 0.6 is 0 Å². The summed E-state index contributed by atoms with van der Waals surface area (Å²) in [6.07, 6.45) is 3.77. The maximum absolute atomic E-state index is 5.41. The summed E-state index contributed by atoms with van der Waals surface area (Å²) in [5, 5.41) is 7.48. The Morgan fingerprint density at radius 3 is 3.42 bits per heavy atom. The van der Waals surface area contributed by atoms with E-state index in [-0.39, 0.29) is 0 Å². The highest BCUT2D eigenvalue weighted by Gasteiger charge is 2.13. The monoisotopic (exact) mass is 167 g/mol. The van der Waals surface area contributed by atoms with Crippen molar-refractivity contribution in [3.8, 4) is 0 Å². The molecule has 4 nitrogen and oxygen atoms in total. The van der Waals surface area contributed by atoms with E-state index in [1.54, 1.807) is 6.20 Å². The fourth-order valence-corrected chi connectivity index (χ4v) is 1.36. The molecule has 0 radical (unpaired) electrons. The second-order valence-corrected chi connectivity index (χ2v) is 2.92. The lowest BCUT2D eigenvalue weighted by Crippen LogP contribution is -2.25. The van der Waals surface area contributed by atoms with Crippen LogP contribution in [0.25, 0.3) is 0 Å². The molecule has 1 atom stereocenters. The SMILES string of the molecule is c1cnn([C@H]2CNCCOC2)c1. The maximum atomic E-state index is 5.41. The number of hydrogen-bond acceptors (Lipinski definition) is 3. The molecule has 1 aliphatic heterocycles. The lowest BCUT2D eigenvalue weighted by molar-refractivity contribution is 0.122. The molecule has 0 unspecified atom stereocenters. The Morgan fingerprint density at radius 1 is 1.58 bits per heavy atom. The first-order valence-electron chi connectivity index (χ1n) is 4.24. The standard InChI is InChI=1S/C8H13N3O/c1-2-10-11(4-1)8-6-9-3-5-12-7-8/h1-2,4,8-9H,3,5-7H2/t8-/m0/s1. The molecule has 2 rings (SSSR count). The zero-order chi connectivity index (χ0) is 8.23. The predicted molar refractivity (Wildman–Crippen MR) is 45.0 cm³/mol. The average Bonchev–Trinajstić information content (AvgIpc) is 2.48. The molecule has 0 aromatic carbocycles. The van der Waals surface area contributed by atoms with Crippen molar-refractivity contribution in [3.63, 3.8) is 0 Å². The third-order valence-corrected chi connectivity index (χ3v) is 2.01. The van der Waals surface area contributed by atoms with Crippen molar-refractivity contribution in [1.29, 1.82) is 0 Å². The van der Waals surface area contributed by atoms with Crippen molar-refractivity contribution in [2.75, 3.05) is 26.3 Å². The number of nitrogens with zero attached hydrogens (tertiary/aromatic N) is 2. The van der Waals surface area contributed by atoms with Crippen molar-refractivity contribution < 1.29 is 4.74 Å². The molecular formula is C8H13N3O. The van der Waals surface area contributed by atoms with Gasteiger partial charge in [0.2, 0.25) is 0 Å². The highest BCUT2D eigenvalue weighted by atomic mass is 16.5. The number of nitrogens with one attached hydrogen (secondary N) is 1. The van der Waals surface area contributed by atoms with Crippen LogP contribution < -0.4 is 5.32 Å². The van der Waals surface area contributed by atoms with E-state index >= 15 is 0 Å². The normalized spacial score (nSPS) is 25.2. The summed E-state index contributed by atoms with van der Waals surface area (Å²) in [7, 11) is 0. The van der Waals surface area contributed by atoms with Crippen LogP contribution in [0, 0.1) is 0 Å². The van der Waals surface area contributed by atoms with Gasteiger partial charge in [-0.2, -0.15) is 5.10 Å². The van der Waals surface area contributed by atoms with Crippen LogP contribution in [0.5, 0.6) is 0 Å². The average molecular weight is 167 g/mol. The van der Waals surface area contributed by atoms with Crippen LogP contribution in [-0.2, 0) is 4.74 Å². The highest BCUT2D eigenvalue weighted by Crippen LogP contribution is 2.05. The van der Waals surface area contributed by atoms with Gasteiger partial charge >= 0.3 is 0 Å². The largest absolute Gasteiger partial charge is 0.378 e. The molecule has 4 heteroatoms. The van der Waals surface area contributed by atoms with Crippen LogP contribution in [-0.4, -0.2) is 36.1 Å². The summed E-state index contributed by atoms with van der Waals surface area (Å²) in [6.45, 7) is 3.45. The molecular weight excluding hydrogens is 154 g/mol. The van der Waals surface area contributed by atoms with Gasteiger partial charge in [-0.1, -0.05) is 0 Å². The van der Waals surface area contributed by atoms with E-state index in [1.165, 1.54) is 0 Å². The molecule has 1 fully saturated rings. The Labute approximate surface area is 71.5 Å². The maximum Gasteiger partial charge on any atom is 0.0876 e. The predicted octanol–water partition coefficient (Wildman–Crippen LogP) is 0.0440. The molecule has 66 valence electrons. The van der Waals surface area contributed by atoms with E-state index in [0.717, 1.165) is 26.3 Å². The fourth-order valence-electron chi connectivity index (χ4n) is 1.36. The molecule has 0 saturated carbocycles.